The van der Waals surface area contributed by atoms with Crippen LogP contribution in [0.3, 0.4) is 0 Å². The molecule has 0 aliphatic rings. The fourth-order valence-corrected chi connectivity index (χ4v) is 2.47. The average Bonchev–Trinajstić information content (AvgIpc) is 2.44. The fraction of sp³-hybridized carbons (Fsp3) is 0.412. The Morgan fingerprint density at radius 3 is 2.40 bits per heavy atom. The molecule has 2 aromatic rings. The molecule has 108 valence electrons. The maximum atomic E-state index is 6.41. The topological polar surface area (TPSA) is 32.5 Å². The lowest BCUT2D eigenvalue weighted by Crippen LogP contribution is -2.34. The number of rotatable bonds is 6. The summed E-state index contributed by atoms with van der Waals surface area (Å²) in [6, 6.07) is 14.9. The number of nitrogens with two attached hydrogens (primary N) is 1. The predicted octanol–water partition coefficient (Wildman–Crippen LogP) is 2.33. The van der Waals surface area contributed by atoms with Crippen molar-refractivity contribution in [3.63, 3.8) is 0 Å². The summed E-state index contributed by atoms with van der Waals surface area (Å²) in [6.07, 6.45) is 0. The van der Waals surface area contributed by atoms with E-state index in [2.05, 4.69) is 73.4 Å². The highest BCUT2D eigenvalue weighted by atomic mass is 15.2. The molecule has 0 aliphatic heterocycles. The minimum atomic E-state index is 0.0493. The summed E-state index contributed by atoms with van der Waals surface area (Å²) >= 11 is 0. The van der Waals surface area contributed by atoms with E-state index in [9.17, 15) is 0 Å². The standard InChI is InChI=1S/C17H25N3/c1-19(2)11-12-20(3)13-17(18)16-10-6-8-14-7-4-5-9-15(14)16/h4-10,17H,11-13,18H2,1-3H3. The summed E-state index contributed by atoms with van der Waals surface area (Å²) in [6.45, 7) is 2.96. The van der Waals surface area contributed by atoms with Crippen LogP contribution in [0.25, 0.3) is 10.8 Å². The van der Waals surface area contributed by atoms with Gasteiger partial charge in [0.2, 0.25) is 0 Å². The Morgan fingerprint density at radius 2 is 1.65 bits per heavy atom. The lowest BCUT2D eigenvalue weighted by molar-refractivity contribution is 0.270. The quantitative estimate of drug-likeness (QED) is 0.875. The van der Waals surface area contributed by atoms with E-state index in [-0.39, 0.29) is 6.04 Å². The molecule has 0 radical (unpaired) electrons. The van der Waals surface area contributed by atoms with Gasteiger partial charge in [0.1, 0.15) is 0 Å². The lowest BCUT2D eigenvalue weighted by Gasteiger charge is -2.23. The van der Waals surface area contributed by atoms with Crippen molar-refractivity contribution in [1.82, 2.24) is 9.80 Å². The van der Waals surface area contributed by atoms with Gasteiger partial charge in [-0.1, -0.05) is 42.5 Å². The van der Waals surface area contributed by atoms with Crippen LogP contribution in [0.5, 0.6) is 0 Å². The largest absolute Gasteiger partial charge is 0.323 e. The summed E-state index contributed by atoms with van der Waals surface area (Å²) in [4.78, 5) is 4.49. The zero-order valence-corrected chi connectivity index (χ0v) is 12.7. The number of benzene rings is 2. The molecule has 2 N–H and O–H groups in total. The van der Waals surface area contributed by atoms with Crippen LogP contribution >= 0.6 is 0 Å². The number of hydrogen-bond donors (Lipinski definition) is 1. The molecule has 3 heteroatoms. The second-order valence-corrected chi connectivity index (χ2v) is 5.74. The van der Waals surface area contributed by atoms with Gasteiger partial charge in [-0.2, -0.15) is 0 Å². The predicted molar refractivity (Wildman–Crippen MR) is 86.9 cm³/mol. The Kier molecular flexibility index (Phi) is 5.12. The van der Waals surface area contributed by atoms with Crippen molar-refractivity contribution in [3.8, 4) is 0 Å². The van der Waals surface area contributed by atoms with Crippen molar-refractivity contribution < 1.29 is 0 Å². The summed E-state index contributed by atoms with van der Waals surface area (Å²) in [5.74, 6) is 0. The third-order valence-electron chi connectivity index (χ3n) is 3.66. The van der Waals surface area contributed by atoms with Crippen molar-refractivity contribution in [3.05, 3.63) is 48.0 Å². The second kappa shape index (κ2) is 6.84. The molecule has 20 heavy (non-hydrogen) atoms. The molecular formula is C17H25N3. The van der Waals surface area contributed by atoms with Gasteiger partial charge >= 0.3 is 0 Å². The highest BCUT2D eigenvalue weighted by Crippen LogP contribution is 2.23. The van der Waals surface area contributed by atoms with E-state index in [0.717, 1.165) is 19.6 Å². The van der Waals surface area contributed by atoms with E-state index in [1.807, 2.05) is 0 Å². The molecular weight excluding hydrogens is 246 g/mol. The van der Waals surface area contributed by atoms with E-state index in [0.29, 0.717) is 0 Å². The van der Waals surface area contributed by atoms with Crippen molar-refractivity contribution in [1.29, 1.82) is 0 Å². The van der Waals surface area contributed by atoms with Gasteiger partial charge in [0, 0.05) is 25.7 Å². The summed E-state index contributed by atoms with van der Waals surface area (Å²) in [7, 11) is 6.32. The van der Waals surface area contributed by atoms with E-state index < -0.39 is 0 Å². The minimum absolute atomic E-state index is 0.0493. The smallest absolute Gasteiger partial charge is 0.0430 e. The Morgan fingerprint density at radius 1 is 0.950 bits per heavy atom. The Bertz CT molecular complexity index is 545. The molecule has 2 aromatic carbocycles. The van der Waals surface area contributed by atoms with Gasteiger partial charge in [-0.15, -0.1) is 0 Å². The van der Waals surface area contributed by atoms with Gasteiger partial charge in [0.15, 0.2) is 0 Å². The molecule has 2 rings (SSSR count). The zero-order valence-electron chi connectivity index (χ0n) is 12.7. The molecule has 0 spiro atoms. The first-order valence-corrected chi connectivity index (χ1v) is 7.14. The Labute approximate surface area is 122 Å². The highest BCUT2D eigenvalue weighted by molar-refractivity contribution is 5.86. The monoisotopic (exact) mass is 271 g/mol. The Hall–Kier alpha value is -1.42. The molecule has 0 aliphatic carbocycles. The van der Waals surface area contributed by atoms with E-state index in [4.69, 9.17) is 5.73 Å². The van der Waals surface area contributed by atoms with Gasteiger partial charge in [-0.25, -0.2) is 0 Å². The molecule has 0 fully saturated rings. The normalized spacial score (nSPS) is 13.3. The second-order valence-electron chi connectivity index (χ2n) is 5.74. The van der Waals surface area contributed by atoms with Crippen LogP contribution in [0.1, 0.15) is 11.6 Å². The molecule has 0 aromatic heterocycles. The van der Waals surface area contributed by atoms with Crippen LogP contribution < -0.4 is 5.73 Å². The maximum absolute atomic E-state index is 6.41. The van der Waals surface area contributed by atoms with Crippen molar-refractivity contribution in [2.24, 2.45) is 5.73 Å². The van der Waals surface area contributed by atoms with Gasteiger partial charge in [-0.3, -0.25) is 0 Å². The molecule has 0 bridgehead atoms. The van der Waals surface area contributed by atoms with Crippen LogP contribution in [0.2, 0.25) is 0 Å². The number of nitrogens with zero attached hydrogens (tertiary/aromatic N) is 2. The number of fused-ring (bicyclic) bond motifs is 1. The first kappa shape index (κ1) is 15.0. The van der Waals surface area contributed by atoms with E-state index in [1.165, 1.54) is 16.3 Å². The van der Waals surface area contributed by atoms with Crippen molar-refractivity contribution >= 4 is 10.8 Å². The van der Waals surface area contributed by atoms with Crippen LogP contribution in [-0.4, -0.2) is 50.6 Å². The minimum Gasteiger partial charge on any atom is -0.323 e. The highest BCUT2D eigenvalue weighted by Gasteiger charge is 2.12. The SMILES string of the molecule is CN(C)CCN(C)CC(N)c1cccc2ccccc12. The van der Waals surface area contributed by atoms with Gasteiger partial charge in [-0.05, 0) is 37.5 Å². The Balaban J connectivity index is 2.09. The summed E-state index contributed by atoms with van der Waals surface area (Å²) < 4.78 is 0. The molecule has 0 saturated heterocycles. The van der Waals surface area contributed by atoms with Crippen LogP contribution in [0.4, 0.5) is 0 Å². The van der Waals surface area contributed by atoms with Crippen molar-refractivity contribution in [2.75, 3.05) is 40.8 Å². The van der Waals surface area contributed by atoms with Crippen LogP contribution in [-0.2, 0) is 0 Å². The molecule has 0 amide bonds. The molecule has 1 unspecified atom stereocenters. The number of likely N-dealkylation sites (N-methyl/N-ethyl adjacent to an activating group) is 2. The molecule has 3 nitrogen and oxygen atoms in total. The van der Waals surface area contributed by atoms with Gasteiger partial charge in [0.05, 0.1) is 0 Å². The third kappa shape index (κ3) is 3.79. The zero-order chi connectivity index (χ0) is 14.5. The summed E-state index contributed by atoms with van der Waals surface area (Å²) in [5, 5.41) is 2.53. The number of hydrogen-bond acceptors (Lipinski definition) is 3. The van der Waals surface area contributed by atoms with Gasteiger partial charge < -0.3 is 15.5 Å². The first-order valence-electron chi connectivity index (χ1n) is 7.14. The molecule has 0 saturated carbocycles. The van der Waals surface area contributed by atoms with Crippen molar-refractivity contribution in [2.45, 2.75) is 6.04 Å². The molecule has 1 atom stereocenters. The van der Waals surface area contributed by atoms with Gasteiger partial charge in [0.25, 0.3) is 0 Å². The fourth-order valence-electron chi connectivity index (χ4n) is 2.47. The van der Waals surface area contributed by atoms with E-state index in [1.54, 1.807) is 0 Å². The summed E-state index contributed by atoms with van der Waals surface area (Å²) in [5.41, 5.74) is 7.65. The van der Waals surface area contributed by atoms with E-state index >= 15 is 0 Å². The first-order chi connectivity index (χ1) is 9.58. The third-order valence-corrected chi connectivity index (χ3v) is 3.66. The average molecular weight is 271 g/mol. The maximum Gasteiger partial charge on any atom is 0.0430 e. The van der Waals surface area contributed by atoms with Crippen LogP contribution in [0.15, 0.2) is 42.5 Å². The molecule has 0 heterocycles. The van der Waals surface area contributed by atoms with Crippen LogP contribution in [0, 0.1) is 0 Å². The lowest BCUT2D eigenvalue weighted by atomic mass is 9.99.